The first kappa shape index (κ1) is 13.3. The largest absolute Gasteiger partial charge is 0.480 e. The van der Waals surface area contributed by atoms with Gasteiger partial charge in [0.25, 0.3) is 0 Å². The van der Waals surface area contributed by atoms with Crippen molar-refractivity contribution in [1.82, 2.24) is 10.2 Å². The molecule has 1 aliphatic rings. The molecule has 0 bridgehead atoms. The smallest absolute Gasteiger partial charge is 0.326 e. The highest BCUT2D eigenvalue weighted by Gasteiger charge is 2.31. The van der Waals surface area contributed by atoms with Crippen molar-refractivity contribution in [1.29, 1.82) is 0 Å². The summed E-state index contributed by atoms with van der Waals surface area (Å²) in [6.45, 7) is 0. The first-order valence-corrected chi connectivity index (χ1v) is 5.46. The van der Waals surface area contributed by atoms with Gasteiger partial charge in [0.1, 0.15) is 6.04 Å². The second-order valence-corrected chi connectivity index (χ2v) is 4.19. The summed E-state index contributed by atoms with van der Waals surface area (Å²) in [5.74, 6) is -1.75. The molecule has 1 atom stereocenters. The van der Waals surface area contributed by atoms with E-state index in [1.807, 2.05) is 0 Å². The monoisotopic (exact) mass is 243 g/mol. The van der Waals surface area contributed by atoms with E-state index in [0.717, 1.165) is 12.8 Å². The summed E-state index contributed by atoms with van der Waals surface area (Å²) in [4.78, 5) is 34.5. The van der Waals surface area contributed by atoms with E-state index in [2.05, 4.69) is 5.32 Å². The van der Waals surface area contributed by atoms with E-state index in [1.54, 1.807) is 7.05 Å². The van der Waals surface area contributed by atoms with Crippen molar-refractivity contribution < 1.29 is 19.5 Å². The number of urea groups is 1. The van der Waals surface area contributed by atoms with E-state index in [-0.39, 0.29) is 18.9 Å². The van der Waals surface area contributed by atoms with Crippen molar-refractivity contribution in [2.75, 3.05) is 7.05 Å². The molecule has 0 radical (unpaired) electrons. The Bertz CT molecular complexity index is 328. The van der Waals surface area contributed by atoms with Crippen LogP contribution in [0.15, 0.2) is 0 Å². The molecule has 3 amide bonds. The number of nitrogens with two attached hydrogens (primary N) is 1. The number of rotatable bonds is 6. The number of hydrogen-bond acceptors (Lipinski definition) is 3. The van der Waals surface area contributed by atoms with Gasteiger partial charge in [-0.2, -0.15) is 0 Å². The van der Waals surface area contributed by atoms with Crippen LogP contribution >= 0.6 is 0 Å². The van der Waals surface area contributed by atoms with Gasteiger partial charge in [-0.1, -0.05) is 0 Å². The van der Waals surface area contributed by atoms with E-state index in [9.17, 15) is 14.4 Å². The molecule has 1 aliphatic carbocycles. The van der Waals surface area contributed by atoms with Gasteiger partial charge >= 0.3 is 12.0 Å². The second-order valence-electron chi connectivity index (χ2n) is 4.19. The van der Waals surface area contributed by atoms with Gasteiger partial charge < -0.3 is 21.1 Å². The normalized spacial score (nSPS) is 16.1. The number of carboxylic acids is 1. The topological polar surface area (TPSA) is 113 Å². The molecule has 4 N–H and O–H groups in total. The summed E-state index contributed by atoms with van der Waals surface area (Å²) in [7, 11) is 1.62. The Morgan fingerprint density at radius 3 is 2.47 bits per heavy atom. The number of primary amides is 1. The molecule has 96 valence electrons. The van der Waals surface area contributed by atoms with Gasteiger partial charge in [-0.25, -0.2) is 9.59 Å². The zero-order valence-electron chi connectivity index (χ0n) is 9.68. The fourth-order valence-corrected chi connectivity index (χ4v) is 1.42. The van der Waals surface area contributed by atoms with Crippen LogP contribution in [0.4, 0.5) is 4.79 Å². The zero-order chi connectivity index (χ0) is 13.0. The second kappa shape index (κ2) is 5.51. The molecular formula is C10H17N3O4. The molecular weight excluding hydrogens is 226 g/mol. The van der Waals surface area contributed by atoms with E-state index < -0.39 is 23.9 Å². The van der Waals surface area contributed by atoms with Crippen LogP contribution in [-0.4, -0.2) is 47.0 Å². The van der Waals surface area contributed by atoms with Crippen LogP contribution in [0.5, 0.6) is 0 Å². The standard InChI is InChI=1S/C10H17N3O4/c1-13(6-2-3-6)10(17)12-7(9(15)16)4-5-8(11)14/h6-7H,2-5H2,1H3,(H2,11,14)(H,12,17)(H,15,16). The molecule has 1 unspecified atom stereocenters. The minimum Gasteiger partial charge on any atom is -0.480 e. The van der Waals surface area contributed by atoms with Crippen molar-refractivity contribution in [3.63, 3.8) is 0 Å². The summed E-state index contributed by atoms with van der Waals surface area (Å²) in [6, 6.07) is -1.29. The molecule has 1 fully saturated rings. The summed E-state index contributed by atoms with van der Waals surface area (Å²) in [6.07, 6.45) is 1.84. The van der Waals surface area contributed by atoms with Gasteiger partial charge in [0.15, 0.2) is 0 Å². The summed E-state index contributed by atoms with van der Waals surface area (Å²) < 4.78 is 0. The molecule has 1 rings (SSSR count). The average Bonchev–Trinajstić information content (AvgIpc) is 3.05. The molecule has 0 aromatic rings. The van der Waals surface area contributed by atoms with Crippen LogP contribution in [0.2, 0.25) is 0 Å². The van der Waals surface area contributed by atoms with Crippen LogP contribution in [0.3, 0.4) is 0 Å². The Balaban J connectivity index is 2.44. The third-order valence-corrected chi connectivity index (χ3v) is 2.69. The first-order valence-electron chi connectivity index (χ1n) is 5.46. The molecule has 0 spiro atoms. The fourth-order valence-electron chi connectivity index (χ4n) is 1.42. The van der Waals surface area contributed by atoms with Gasteiger partial charge in [-0.3, -0.25) is 4.79 Å². The SMILES string of the molecule is CN(C(=O)NC(CCC(N)=O)C(=O)O)C1CC1. The molecule has 0 saturated heterocycles. The lowest BCUT2D eigenvalue weighted by molar-refractivity contribution is -0.139. The third-order valence-electron chi connectivity index (χ3n) is 2.69. The van der Waals surface area contributed by atoms with Crippen LogP contribution in [0, 0.1) is 0 Å². The van der Waals surface area contributed by atoms with Gasteiger partial charge in [-0.05, 0) is 19.3 Å². The highest BCUT2D eigenvalue weighted by Crippen LogP contribution is 2.25. The maximum Gasteiger partial charge on any atom is 0.326 e. The summed E-state index contributed by atoms with van der Waals surface area (Å²) in [5, 5.41) is 11.3. The predicted octanol–water partition coefficient (Wildman–Crippen LogP) is -0.491. The zero-order valence-corrected chi connectivity index (χ0v) is 9.68. The minimum atomic E-state index is -1.16. The maximum atomic E-state index is 11.6. The van der Waals surface area contributed by atoms with E-state index in [4.69, 9.17) is 10.8 Å². The molecule has 0 aliphatic heterocycles. The summed E-state index contributed by atoms with van der Waals surface area (Å²) in [5.41, 5.74) is 4.93. The predicted molar refractivity (Wildman–Crippen MR) is 59.2 cm³/mol. The van der Waals surface area contributed by atoms with Crippen molar-refractivity contribution >= 4 is 17.9 Å². The van der Waals surface area contributed by atoms with Crippen molar-refractivity contribution in [3.05, 3.63) is 0 Å². The number of amides is 3. The van der Waals surface area contributed by atoms with E-state index >= 15 is 0 Å². The number of nitrogens with one attached hydrogen (secondary N) is 1. The van der Waals surface area contributed by atoms with Gasteiger partial charge in [0.2, 0.25) is 5.91 Å². The molecule has 0 aromatic carbocycles. The molecule has 7 nitrogen and oxygen atoms in total. The number of nitrogens with zero attached hydrogens (tertiary/aromatic N) is 1. The van der Waals surface area contributed by atoms with Crippen molar-refractivity contribution in [2.24, 2.45) is 5.73 Å². The third kappa shape index (κ3) is 4.29. The number of aliphatic carboxylic acids is 1. The van der Waals surface area contributed by atoms with E-state index in [0.29, 0.717) is 0 Å². The van der Waals surface area contributed by atoms with Gasteiger partial charge in [-0.15, -0.1) is 0 Å². The van der Waals surface area contributed by atoms with Crippen LogP contribution in [0.1, 0.15) is 25.7 Å². The highest BCUT2D eigenvalue weighted by molar-refractivity contribution is 5.83. The maximum absolute atomic E-state index is 11.6. The highest BCUT2D eigenvalue weighted by atomic mass is 16.4. The molecule has 1 saturated carbocycles. The Hall–Kier alpha value is -1.79. The van der Waals surface area contributed by atoms with Gasteiger partial charge in [0.05, 0.1) is 0 Å². The Labute approximate surface area is 98.9 Å². The van der Waals surface area contributed by atoms with Crippen LogP contribution in [-0.2, 0) is 9.59 Å². The van der Waals surface area contributed by atoms with Gasteiger partial charge in [0, 0.05) is 19.5 Å². The summed E-state index contributed by atoms with van der Waals surface area (Å²) >= 11 is 0. The van der Waals surface area contributed by atoms with Crippen LogP contribution in [0.25, 0.3) is 0 Å². The lowest BCUT2D eigenvalue weighted by Crippen LogP contribution is -2.47. The van der Waals surface area contributed by atoms with Crippen LogP contribution < -0.4 is 11.1 Å². The molecule has 7 heteroatoms. The van der Waals surface area contributed by atoms with E-state index in [1.165, 1.54) is 4.90 Å². The quantitative estimate of drug-likeness (QED) is 0.584. The molecule has 0 aromatic heterocycles. The fraction of sp³-hybridized carbons (Fsp3) is 0.700. The minimum absolute atomic E-state index is 0.00884. The number of carbonyl (C=O) groups excluding carboxylic acids is 2. The average molecular weight is 243 g/mol. The Kier molecular flexibility index (Phi) is 4.30. The van der Waals surface area contributed by atoms with Crippen molar-refractivity contribution in [2.45, 2.75) is 37.8 Å². The number of hydrogen-bond donors (Lipinski definition) is 3. The first-order chi connectivity index (χ1) is 7.91. The lowest BCUT2D eigenvalue weighted by Gasteiger charge is -2.20. The number of carbonyl (C=O) groups is 3. The van der Waals surface area contributed by atoms with Crippen molar-refractivity contribution in [3.8, 4) is 0 Å². The molecule has 0 heterocycles. The number of carboxylic acid groups (broad SMARTS) is 1. The Morgan fingerprint density at radius 2 is 2.06 bits per heavy atom. The molecule has 17 heavy (non-hydrogen) atoms. The Morgan fingerprint density at radius 1 is 1.47 bits per heavy atom. The lowest BCUT2D eigenvalue weighted by atomic mass is 10.1.